The fourth-order valence-corrected chi connectivity index (χ4v) is 2.25. The maximum absolute atomic E-state index is 5.91. The number of hydrogen-bond acceptors (Lipinski definition) is 2. The van der Waals surface area contributed by atoms with Crippen molar-refractivity contribution in [2.24, 2.45) is 11.1 Å². The quantitative estimate of drug-likeness (QED) is 0.900. The molecule has 3 heteroatoms. The van der Waals surface area contributed by atoms with Gasteiger partial charge in [-0.15, -0.1) is 0 Å². The Bertz CT molecular complexity index is 374. The van der Waals surface area contributed by atoms with E-state index in [1.807, 2.05) is 12.1 Å². The molecule has 0 unspecified atom stereocenters. The minimum absolute atomic E-state index is 0.378. The van der Waals surface area contributed by atoms with Crippen LogP contribution in [0.2, 0.25) is 0 Å². The number of benzene rings is 1. The van der Waals surface area contributed by atoms with Crippen molar-refractivity contribution in [3.05, 3.63) is 28.2 Å². The van der Waals surface area contributed by atoms with Gasteiger partial charge in [0.2, 0.25) is 0 Å². The van der Waals surface area contributed by atoms with Crippen LogP contribution in [0.3, 0.4) is 0 Å². The van der Waals surface area contributed by atoms with Crippen LogP contribution in [0.25, 0.3) is 0 Å². The highest BCUT2D eigenvalue weighted by Crippen LogP contribution is 2.48. The molecule has 0 aromatic heterocycles. The summed E-state index contributed by atoms with van der Waals surface area (Å²) in [5.74, 6) is 0.984. The van der Waals surface area contributed by atoms with Crippen molar-refractivity contribution < 1.29 is 4.74 Å². The zero-order valence-corrected chi connectivity index (χ0v) is 11.2. The molecule has 0 bridgehead atoms. The van der Waals surface area contributed by atoms with E-state index in [2.05, 4.69) is 28.9 Å². The monoisotopic (exact) mass is 283 g/mol. The Balaban J connectivity index is 1.97. The molecule has 2 rings (SSSR count). The normalized spacial score (nSPS) is 17.2. The molecular weight excluding hydrogens is 266 g/mol. The summed E-state index contributed by atoms with van der Waals surface area (Å²) in [4.78, 5) is 0. The molecular formula is C13H18BrNO. The van der Waals surface area contributed by atoms with Crippen LogP contribution in [0.1, 0.15) is 24.8 Å². The summed E-state index contributed by atoms with van der Waals surface area (Å²) in [6.07, 6.45) is 3.61. The first-order valence-electron chi connectivity index (χ1n) is 5.74. The molecule has 2 N–H and O–H groups in total. The number of ether oxygens (including phenoxy) is 1. The highest BCUT2D eigenvalue weighted by Gasteiger charge is 2.42. The molecule has 1 saturated carbocycles. The van der Waals surface area contributed by atoms with Crippen molar-refractivity contribution in [2.45, 2.75) is 26.2 Å². The standard InChI is InChI=1S/C13H18BrNO/c1-10-2-3-11(14)8-12(10)16-9-13(4-5-13)6-7-15/h2-3,8H,4-7,9,15H2,1H3. The van der Waals surface area contributed by atoms with Gasteiger partial charge in [-0.25, -0.2) is 0 Å². The Morgan fingerprint density at radius 2 is 2.19 bits per heavy atom. The molecule has 1 aromatic rings. The van der Waals surface area contributed by atoms with E-state index in [1.165, 1.54) is 18.4 Å². The van der Waals surface area contributed by atoms with E-state index in [4.69, 9.17) is 10.5 Å². The first-order valence-corrected chi connectivity index (χ1v) is 6.54. The van der Waals surface area contributed by atoms with Crippen molar-refractivity contribution in [1.82, 2.24) is 0 Å². The third-order valence-electron chi connectivity index (χ3n) is 3.32. The van der Waals surface area contributed by atoms with Gasteiger partial charge in [-0.3, -0.25) is 0 Å². The lowest BCUT2D eigenvalue weighted by Gasteiger charge is -2.16. The van der Waals surface area contributed by atoms with Gasteiger partial charge in [0, 0.05) is 9.89 Å². The number of nitrogens with two attached hydrogens (primary N) is 1. The van der Waals surface area contributed by atoms with Crippen molar-refractivity contribution in [3.8, 4) is 5.75 Å². The minimum atomic E-state index is 0.378. The summed E-state index contributed by atoms with van der Waals surface area (Å²) in [5.41, 5.74) is 7.18. The largest absolute Gasteiger partial charge is 0.493 e. The zero-order chi connectivity index (χ0) is 11.6. The van der Waals surface area contributed by atoms with Gasteiger partial charge in [0.15, 0.2) is 0 Å². The van der Waals surface area contributed by atoms with Crippen molar-refractivity contribution in [2.75, 3.05) is 13.2 Å². The zero-order valence-electron chi connectivity index (χ0n) is 9.63. The summed E-state index contributed by atoms with van der Waals surface area (Å²) in [5, 5.41) is 0. The van der Waals surface area contributed by atoms with E-state index >= 15 is 0 Å². The molecule has 2 nitrogen and oxygen atoms in total. The van der Waals surface area contributed by atoms with Gasteiger partial charge in [0.1, 0.15) is 5.75 Å². The number of hydrogen-bond donors (Lipinski definition) is 1. The minimum Gasteiger partial charge on any atom is -0.493 e. The molecule has 1 aromatic carbocycles. The molecule has 1 aliphatic rings. The Labute approximate surface area is 105 Å². The second-order valence-electron chi connectivity index (χ2n) is 4.74. The molecule has 0 aliphatic heterocycles. The van der Waals surface area contributed by atoms with E-state index in [-0.39, 0.29) is 0 Å². The van der Waals surface area contributed by atoms with Crippen molar-refractivity contribution >= 4 is 15.9 Å². The lowest BCUT2D eigenvalue weighted by Crippen LogP contribution is -2.17. The van der Waals surface area contributed by atoms with Gasteiger partial charge < -0.3 is 10.5 Å². The summed E-state index contributed by atoms with van der Waals surface area (Å²) in [7, 11) is 0. The van der Waals surface area contributed by atoms with E-state index < -0.39 is 0 Å². The Morgan fingerprint density at radius 1 is 1.44 bits per heavy atom. The summed E-state index contributed by atoms with van der Waals surface area (Å²) in [6.45, 7) is 3.65. The Kier molecular flexibility index (Phi) is 3.55. The van der Waals surface area contributed by atoms with Gasteiger partial charge in [-0.05, 0) is 50.4 Å². The van der Waals surface area contributed by atoms with E-state index in [0.717, 1.165) is 29.8 Å². The van der Waals surface area contributed by atoms with Crippen LogP contribution in [0.4, 0.5) is 0 Å². The smallest absolute Gasteiger partial charge is 0.123 e. The predicted molar refractivity (Wildman–Crippen MR) is 69.7 cm³/mol. The fourth-order valence-electron chi connectivity index (χ4n) is 1.91. The highest BCUT2D eigenvalue weighted by molar-refractivity contribution is 9.10. The maximum Gasteiger partial charge on any atom is 0.123 e. The summed E-state index contributed by atoms with van der Waals surface area (Å²) >= 11 is 3.46. The highest BCUT2D eigenvalue weighted by atomic mass is 79.9. The van der Waals surface area contributed by atoms with Gasteiger partial charge in [-0.1, -0.05) is 22.0 Å². The van der Waals surface area contributed by atoms with Gasteiger partial charge >= 0.3 is 0 Å². The number of aryl methyl sites for hydroxylation is 1. The maximum atomic E-state index is 5.91. The van der Waals surface area contributed by atoms with Crippen LogP contribution in [0.15, 0.2) is 22.7 Å². The second kappa shape index (κ2) is 4.76. The lowest BCUT2D eigenvalue weighted by atomic mass is 10.0. The third kappa shape index (κ3) is 2.77. The SMILES string of the molecule is Cc1ccc(Br)cc1OCC1(CCN)CC1. The summed E-state index contributed by atoms with van der Waals surface area (Å²) in [6, 6.07) is 6.14. The molecule has 88 valence electrons. The molecule has 0 radical (unpaired) electrons. The topological polar surface area (TPSA) is 35.2 Å². The van der Waals surface area contributed by atoms with Crippen LogP contribution < -0.4 is 10.5 Å². The molecule has 0 amide bonds. The molecule has 0 saturated heterocycles. The molecule has 0 spiro atoms. The molecule has 0 heterocycles. The third-order valence-corrected chi connectivity index (χ3v) is 3.81. The number of rotatable bonds is 5. The first kappa shape index (κ1) is 11.9. The lowest BCUT2D eigenvalue weighted by molar-refractivity contribution is 0.225. The fraction of sp³-hybridized carbons (Fsp3) is 0.538. The average molecular weight is 284 g/mol. The van der Waals surface area contributed by atoms with E-state index in [9.17, 15) is 0 Å². The van der Waals surface area contributed by atoms with Gasteiger partial charge in [0.05, 0.1) is 6.61 Å². The van der Waals surface area contributed by atoms with Gasteiger partial charge in [0.25, 0.3) is 0 Å². The molecule has 1 aliphatic carbocycles. The molecule has 0 atom stereocenters. The Hall–Kier alpha value is -0.540. The Morgan fingerprint density at radius 3 is 2.81 bits per heavy atom. The molecule has 16 heavy (non-hydrogen) atoms. The first-order chi connectivity index (χ1) is 7.65. The van der Waals surface area contributed by atoms with Crippen LogP contribution in [-0.2, 0) is 0 Å². The average Bonchev–Trinajstić information content (AvgIpc) is 3.01. The van der Waals surface area contributed by atoms with E-state index in [0.29, 0.717) is 5.41 Å². The van der Waals surface area contributed by atoms with E-state index in [1.54, 1.807) is 0 Å². The van der Waals surface area contributed by atoms with Crippen LogP contribution in [-0.4, -0.2) is 13.2 Å². The van der Waals surface area contributed by atoms with Crippen LogP contribution in [0.5, 0.6) is 5.75 Å². The summed E-state index contributed by atoms with van der Waals surface area (Å²) < 4.78 is 6.98. The van der Waals surface area contributed by atoms with Crippen LogP contribution >= 0.6 is 15.9 Å². The predicted octanol–water partition coefficient (Wildman–Crippen LogP) is 3.27. The number of halogens is 1. The van der Waals surface area contributed by atoms with Gasteiger partial charge in [-0.2, -0.15) is 0 Å². The molecule has 1 fully saturated rings. The van der Waals surface area contributed by atoms with Crippen molar-refractivity contribution in [1.29, 1.82) is 0 Å². The van der Waals surface area contributed by atoms with Crippen LogP contribution in [0, 0.1) is 12.3 Å². The second-order valence-corrected chi connectivity index (χ2v) is 5.65. The van der Waals surface area contributed by atoms with Crippen molar-refractivity contribution in [3.63, 3.8) is 0 Å².